The summed E-state index contributed by atoms with van der Waals surface area (Å²) >= 11 is 0. The summed E-state index contributed by atoms with van der Waals surface area (Å²) in [6.07, 6.45) is -3.35. The first-order valence-electron chi connectivity index (χ1n) is 28.5. The average Bonchev–Trinajstić information content (AvgIpc) is 3.42. The number of ether oxygens (including phenoxy) is 6. The van der Waals surface area contributed by atoms with Gasteiger partial charge in [0, 0.05) is 80.3 Å². The number of halogens is 2. The van der Waals surface area contributed by atoms with Gasteiger partial charge in [-0.15, -0.1) is 0 Å². The van der Waals surface area contributed by atoms with Crippen LogP contribution >= 0.6 is 0 Å². The Bertz CT molecular complexity index is 2400. The normalized spacial score (nSPS) is 25.2. The Hall–Kier alpha value is -6.02. The van der Waals surface area contributed by atoms with Gasteiger partial charge in [-0.2, -0.15) is 0 Å². The van der Waals surface area contributed by atoms with E-state index in [9.17, 15) is 38.4 Å². The molecule has 4 amide bonds. The molecule has 3 aliphatic heterocycles. The van der Waals surface area contributed by atoms with Gasteiger partial charge in [0.1, 0.15) is 35.5 Å². The highest BCUT2D eigenvalue weighted by atomic mass is 19.1. The van der Waals surface area contributed by atoms with Gasteiger partial charge in [0.15, 0.2) is 24.9 Å². The van der Waals surface area contributed by atoms with Gasteiger partial charge in [0.05, 0.1) is 0 Å². The average molecular weight is 1140 g/mol. The molecule has 0 bridgehead atoms. The Morgan fingerprint density at radius 3 is 1.21 bits per heavy atom. The molecule has 81 heavy (non-hydrogen) atoms. The van der Waals surface area contributed by atoms with Gasteiger partial charge in [0.2, 0.25) is 0 Å². The minimum atomic E-state index is -2.10. The summed E-state index contributed by atoms with van der Waals surface area (Å²) in [5.74, 6) is -8.01. The molecule has 0 aliphatic carbocycles. The SMILES string of the molecule is CC(C)C[C@H]1C(=O)O[C@H](C)C(=O)N(C)[C@@H](CC(C)(C)F)C(=O)O[C@H](Cc2ccc(C3CCOCC3)cc2)C(=O)N(C)[C@@H](CC(C)C)C(=O)OCC(=O)N(C)[C@@H](CC(C)(C)F)C(=O)O[C@H](Cc2ccc(C3CCOCC3)cc2)C(=O)N1C. The number of carbonyl (C=O) groups is 8. The van der Waals surface area contributed by atoms with Crippen molar-refractivity contribution in [3.63, 3.8) is 0 Å². The largest absolute Gasteiger partial charge is 0.454 e. The highest BCUT2D eigenvalue weighted by Crippen LogP contribution is 2.31. The Morgan fingerprint density at radius 1 is 0.494 bits per heavy atom. The summed E-state index contributed by atoms with van der Waals surface area (Å²) < 4.78 is 66.3. The van der Waals surface area contributed by atoms with Crippen LogP contribution < -0.4 is 0 Å². The third kappa shape index (κ3) is 19.3. The van der Waals surface area contributed by atoms with E-state index in [1.54, 1.807) is 52.0 Å². The first kappa shape index (κ1) is 65.8. The van der Waals surface area contributed by atoms with E-state index in [1.807, 2.05) is 24.3 Å². The number of likely N-dealkylation sites (N-methyl/N-ethyl adjacent to an activating group) is 4. The fraction of sp³-hybridized carbons (Fsp3) is 0.672. The van der Waals surface area contributed by atoms with Crippen LogP contribution in [0.1, 0.15) is 148 Å². The lowest BCUT2D eigenvalue weighted by Gasteiger charge is -2.35. The molecule has 5 rings (SSSR count). The molecule has 3 heterocycles. The number of cyclic esters (lactones) is 4. The van der Waals surface area contributed by atoms with E-state index in [-0.39, 0.29) is 49.4 Å². The summed E-state index contributed by atoms with van der Waals surface area (Å²) in [6.45, 7) is 14.7. The molecule has 18 nitrogen and oxygen atoms in total. The number of hydrogen-bond donors (Lipinski definition) is 0. The second-order valence-electron chi connectivity index (χ2n) is 24.2. The van der Waals surface area contributed by atoms with Crippen LogP contribution in [0, 0.1) is 11.8 Å². The maximum Gasteiger partial charge on any atom is 0.329 e. The summed E-state index contributed by atoms with van der Waals surface area (Å²) in [4.78, 5) is 120. The summed E-state index contributed by atoms with van der Waals surface area (Å²) in [6, 6.07) is 8.73. The Morgan fingerprint density at radius 2 is 0.840 bits per heavy atom. The van der Waals surface area contributed by atoms with E-state index >= 15 is 8.78 Å². The molecule has 3 saturated heterocycles. The zero-order valence-corrected chi connectivity index (χ0v) is 49.8. The molecule has 7 atom stereocenters. The molecule has 450 valence electrons. The van der Waals surface area contributed by atoms with Crippen LogP contribution in [0.15, 0.2) is 48.5 Å². The summed E-state index contributed by atoms with van der Waals surface area (Å²) in [5.41, 5.74) is -0.963. The maximum atomic E-state index is 15.9. The number of benzene rings is 2. The molecule has 2 aromatic carbocycles. The predicted octanol–water partition coefficient (Wildman–Crippen LogP) is 7.25. The molecule has 20 heteroatoms. The quantitative estimate of drug-likeness (QED) is 0.135. The van der Waals surface area contributed by atoms with Crippen molar-refractivity contribution < 1.29 is 75.6 Å². The Balaban J connectivity index is 1.59. The molecule has 0 aromatic heterocycles. The van der Waals surface area contributed by atoms with Crippen molar-refractivity contribution in [2.24, 2.45) is 11.8 Å². The zero-order valence-electron chi connectivity index (χ0n) is 49.8. The number of nitrogens with zero attached hydrogens (tertiary/aromatic N) is 4. The first-order chi connectivity index (χ1) is 37.9. The first-order valence-corrected chi connectivity index (χ1v) is 28.5. The van der Waals surface area contributed by atoms with Gasteiger partial charge < -0.3 is 48.0 Å². The van der Waals surface area contributed by atoms with Crippen LogP contribution in [-0.4, -0.2) is 182 Å². The Labute approximate surface area is 477 Å². The third-order valence-electron chi connectivity index (χ3n) is 15.4. The van der Waals surface area contributed by atoms with Crippen LogP contribution in [0.25, 0.3) is 0 Å². The van der Waals surface area contributed by atoms with E-state index in [0.29, 0.717) is 37.6 Å². The highest BCUT2D eigenvalue weighted by Gasteiger charge is 2.44. The lowest BCUT2D eigenvalue weighted by molar-refractivity contribution is -0.175. The van der Waals surface area contributed by atoms with Crippen molar-refractivity contribution in [2.75, 3.05) is 61.2 Å². The van der Waals surface area contributed by atoms with E-state index < -0.39 is 121 Å². The van der Waals surface area contributed by atoms with Crippen molar-refractivity contribution >= 4 is 47.5 Å². The molecular formula is C61H88F2N4O14. The third-order valence-corrected chi connectivity index (χ3v) is 15.4. The molecule has 0 spiro atoms. The monoisotopic (exact) mass is 1140 g/mol. The highest BCUT2D eigenvalue weighted by molar-refractivity contribution is 5.94. The summed E-state index contributed by atoms with van der Waals surface area (Å²) in [7, 11) is 5.05. The number of carbonyl (C=O) groups excluding carboxylic acids is 8. The molecule has 3 aliphatic rings. The molecular weight excluding hydrogens is 1050 g/mol. The minimum Gasteiger partial charge on any atom is -0.454 e. The number of rotatable bonds is 14. The topological polar surface area (TPSA) is 205 Å². The van der Waals surface area contributed by atoms with Crippen molar-refractivity contribution in [3.05, 3.63) is 70.8 Å². The lowest BCUT2D eigenvalue weighted by Crippen LogP contribution is -2.54. The van der Waals surface area contributed by atoms with E-state index in [2.05, 4.69) is 0 Å². The molecule has 0 saturated carbocycles. The fourth-order valence-electron chi connectivity index (χ4n) is 10.5. The van der Waals surface area contributed by atoms with Crippen LogP contribution in [0.5, 0.6) is 0 Å². The molecule has 2 aromatic rings. The van der Waals surface area contributed by atoms with E-state index in [4.69, 9.17) is 28.4 Å². The minimum absolute atomic E-state index is 0.00192. The van der Waals surface area contributed by atoms with Gasteiger partial charge in [-0.3, -0.25) is 19.2 Å². The van der Waals surface area contributed by atoms with Gasteiger partial charge in [0.25, 0.3) is 23.6 Å². The van der Waals surface area contributed by atoms with Crippen molar-refractivity contribution in [3.8, 4) is 0 Å². The predicted molar refractivity (Wildman–Crippen MR) is 297 cm³/mol. The van der Waals surface area contributed by atoms with Crippen LogP contribution in [0.4, 0.5) is 8.78 Å². The van der Waals surface area contributed by atoms with Gasteiger partial charge >= 0.3 is 23.9 Å². The molecule has 3 fully saturated rings. The van der Waals surface area contributed by atoms with Crippen molar-refractivity contribution in [2.45, 2.75) is 192 Å². The standard InChI is InChI=1S/C61H88F2N4O14/c1-37(2)30-46-56(72)78-36-52(68)64(10)48(34-60(6,7)62)58(74)80-51(33-41-16-20-43(21-17-41)45-24-28-77-29-25-45)55(71)66(12)47(31-38(3)4)57(73)79-39(5)53(69)67(13)49(35-61(8,9)63)59(75)81-50(54(70)65(46)11)32-40-14-18-42(19-15-40)44-22-26-76-27-23-44/h14-21,37-39,44-51H,22-36H2,1-13H3/t39-,46+,47+,48+,49+,50-,51-/m1/s1. The Kier molecular flexibility index (Phi) is 23.8. The lowest BCUT2D eigenvalue weighted by atomic mass is 9.90. The van der Waals surface area contributed by atoms with Gasteiger partial charge in [-0.05, 0) is 119 Å². The number of alkyl halides is 2. The number of esters is 4. The number of amides is 4. The number of hydrogen-bond acceptors (Lipinski definition) is 14. The van der Waals surface area contributed by atoms with E-state index in [0.717, 1.165) is 56.4 Å². The van der Waals surface area contributed by atoms with Gasteiger partial charge in [-0.1, -0.05) is 76.2 Å². The van der Waals surface area contributed by atoms with Crippen LogP contribution in [0.2, 0.25) is 0 Å². The second kappa shape index (κ2) is 29.3. The van der Waals surface area contributed by atoms with Crippen LogP contribution in [-0.2, 0) is 79.6 Å². The molecule has 0 unspecified atom stereocenters. The van der Waals surface area contributed by atoms with Crippen molar-refractivity contribution in [1.82, 2.24) is 19.6 Å². The zero-order chi connectivity index (χ0) is 60.1. The van der Waals surface area contributed by atoms with Crippen LogP contribution in [0.3, 0.4) is 0 Å². The summed E-state index contributed by atoms with van der Waals surface area (Å²) in [5, 5.41) is 0. The second-order valence-corrected chi connectivity index (χ2v) is 24.2. The van der Waals surface area contributed by atoms with Crippen molar-refractivity contribution in [1.29, 1.82) is 0 Å². The molecule has 0 radical (unpaired) electrons. The molecule has 0 N–H and O–H groups in total. The van der Waals surface area contributed by atoms with E-state index in [1.165, 1.54) is 62.8 Å². The van der Waals surface area contributed by atoms with Gasteiger partial charge in [-0.25, -0.2) is 28.0 Å². The fourth-order valence-corrected chi connectivity index (χ4v) is 10.5. The smallest absolute Gasteiger partial charge is 0.329 e. The maximum absolute atomic E-state index is 15.9.